The Morgan fingerprint density at radius 3 is 1.00 bits per heavy atom. The van der Waals surface area contributed by atoms with Crippen molar-refractivity contribution < 1.29 is 0 Å². The van der Waals surface area contributed by atoms with E-state index in [2.05, 4.69) is 68.8 Å². The minimum atomic E-state index is -1.66. The number of isothiocyanates is 4. The van der Waals surface area contributed by atoms with E-state index in [1.54, 1.807) is 0 Å². The van der Waals surface area contributed by atoms with Crippen LogP contribution in [0.15, 0.2) is 20.0 Å². The van der Waals surface area contributed by atoms with Crippen LogP contribution in [0.25, 0.3) is 0 Å². The summed E-state index contributed by atoms with van der Waals surface area (Å²) in [5.41, 5.74) is 0. The van der Waals surface area contributed by atoms with Gasteiger partial charge in [-0.25, -0.2) is 0 Å². The maximum atomic E-state index is 4.36. The lowest BCUT2D eigenvalue weighted by Gasteiger charge is -2.06. The fourth-order valence-corrected chi connectivity index (χ4v) is 0.885. The second-order valence-corrected chi connectivity index (χ2v) is 2.14. The number of nitrogens with zero attached hydrogens (tertiary/aromatic N) is 4. The molecule has 0 heterocycles. The molecule has 0 aromatic heterocycles. The molecule has 0 aromatic carbocycles. The standard InChI is InChI=1S/C5N4S4/c10-1-6-5(7-2-11,8-3-12)9-4-13. The first kappa shape index (κ1) is 12.2. The highest BCUT2D eigenvalue weighted by Crippen LogP contribution is 2.14. The normalized spacial score (nSPS) is 11.7. The zero-order valence-electron chi connectivity index (χ0n) is 5.92. The Balaban J connectivity index is 5.52. The first-order valence-corrected chi connectivity index (χ1v) is 4.24. The molecule has 0 saturated heterocycles. The number of hydrogen-bond donors (Lipinski definition) is 0. The maximum absolute atomic E-state index is 4.36. The Morgan fingerprint density at radius 1 is 0.615 bits per heavy atom. The van der Waals surface area contributed by atoms with Crippen LogP contribution in [0.3, 0.4) is 0 Å². The van der Waals surface area contributed by atoms with Crippen molar-refractivity contribution in [2.75, 3.05) is 0 Å². The molecule has 8 heteroatoms. The van der Waals surface area contributed by atoms with Crippen LogP contribution in [0.5, 0.6) is 0 Å². The van der Waals surface area contributed by atoms with E-state index in [0.29, 0.717) is 0 Å². The van der Waals surface area contributed by atoms with Crippen molar-refractivity contribution in [1.82, 2.24) is 0 Å². The molecule has 0 fully saturated rings. The minimum absolute atomic E-state index is 1.66. The van der Waals surface area contributed by atoms with Gasteiger partial charge >= 0.3 is 5.91 Å². The van der Waals surface area contributed by atoms with Crippen molar-refractivity contribution in [3.63, 3.8) is 0 Å². The molecule has 0 amide bonds. The summed E-state index contributed by atoms with van der Waals surface area (Å²) in [7, 11) is 0. The molecule has 0 aliphatic carbocycles. The van der Waals surface area contributed by atoms with Gasteiger partial charge in [0, 0.05) is 0 Å². The van der Waals surface area contributed by atoms with Crippen molar-refractivity contribution in [1.29, 1.82) is 0 Å². The van der Waals surface area contributed by atoms with E-state index in [0.717, 1.165) is 0 Å². The maximum Gasteiger partial charge on any atom is 0.382 e. The summed E-state index contributed by atoms with van der Waals surface area (Å²) < 4.78 is 0. The predicted molar refractivity (Wildman–Crippen MR) is 62.8 cm³/mol. The van der Waals surface area contributed by atoms with Gasteiger partial charge in [0.25, 0.3) is 0 Å². The molecule has 0 aliphatic heterocycles. The molecular formula is C5N4S4. The number of aliphatic imine (C=N–C) groups is 4. The highest BCUT2D eigenvalue weighted by atomic mass is 32.1. The van der Waals surface area contributed by atoms with E-state index in [1.807, 2.05) is 20.6 Å². The predicted octanol–water partition coefficient (Wildman–Crippen LogP) is 2.01. The third-order valence-corrected chi connectivity index (χ3v) is 1.15. The molecule has 0 bridgehead atoms. The summed E-state index contributed by atoms with van der Waals surface area (Å²) in [6.07, 6.45) is 0. The Morgan fingerprint density at radius 2 is 0.846 bits per heavy atom. The average Bonchev–Trinajstić information content (AvgIpc) is 2.06. The molecule has 13 heavy (non-hydrogen) atoms. The Bertz CT molecular complexity index is 300. The van der Waals surface area contributed by atoms with Crippen LogP contribution in [-0.2, 0) is 0 Å². The monoisotopic (exact) mass is 244 g/mol. The quantitative estimate of drug-likeness (QED) is 0.560. The van der Waals surface area contributed by atoms with Crippen molar-refractivity contribution in [3.05, 3.63) is 0 Å². The lowest BCUT2D eigenvalue weighted by molar-refractivity contribution is 0.514. The molecule has 0 spiro atoms. The Hall–Kier alpha value is -0.800. The topological polar surface area (TPSA) is 49.4 Å². The minimum Gasteiger partial charge on any atom is -0.154 e. The molecule has 0 atom stereocenters. The van der Waals surface area contributed by atoms with Crippen molar-refractivity contribution in [2.45, 2.75) is 5.91 Å². The van der Waals surface area contributed by atoms with Gasteiger partial charge in [-0.2, -0.15) is 20.0 Å². The molecule has 0 saturated carbocycles. The van der Waals surface area contributed by atoms with Gasteiger partial charge in [-0.3, -0.25) is 0 Å². The second-order valence-electron chi connectivity index (χ2n) is 1.41. The zero-order valence-corrected chi connectivity index (χ0v) is 9.19. The average molecular weight is 244 g/mol. The van der Waals surface area contributed by atoms with Crippen LogP contribution in [-0.4, -0.2) is 26.6 Å². The van der Waals surface area contributed by atoms with Crippen LogP contribution in [0.4, 0.5) is 0 Å². The molecule has 0 rings (SSSR count). The molecule has 0 aromatic rings. The first-order chi connectivity index (χ1) is 6.24. The summed E-state index contributed by atoms with van der Waals surface area (Å²) in [5.74, 6) is -1.66. The first-order valence-electron chi connectivity index (χ1n) is 2.61. The van der Waals surface area contributed by atoms with Crippen LogP contribution < -0.4 is 0 Å². The third-order valence-electron chi connectivity index (χ3n) is 0.783. The van der Waals surface area contributed by atoms with Gasteiger partial charge < -0.3 is 0 Å². The zero-order chi connectivity index (χ0) is 10.2. The summed E-state index contributed by atoms with van der Waals surface area (Å²) in [5, 5.41) is 8.12. The van der Waals surface area contributed by atoms with E-state index >= 15 is 0 Å². The summed E-state index contributed by atoms with van der Waals surface area (Å²) in [4.78, 5) is 14.0. The second kappa shape index (κ2) is 6.69. The highest BCUT2D eigenvalue weighted by molar-refractivity contribution is 7.78. The van der Waals surface area contributed by atoms with Gasteiger partial charge in [0.15, 0.2) is 0 Å². The number of hydrogen-bond acceptors (Lipinski definition) is 8. The Kier molecular flexibility index (Phi) is 6.28. The van der Waals surface area contributed by atoms with E-state index in [9.17, 15) is 0 Å². The molecule has 0 unspecified atom stereocenters. The van der Waals surface area contributed by atoms with Gasteiger partial charge in [-0.15, -0.1) is 0 Å². The van der Waals surface area contributed by atoms with E-state index in [4.69, 9.17) is 0 Å². The van der Waals surface area contributed by atoms with Gasteiger partial charge in [-0.1, -0.05) is 0 Å². The lowest BCUT2D eigenvalue weighted by atomic mass is 10.7. The van der Waals surface area contributed by atoms with Gasteiger partial charge in [0.1, 0.15) is 0 Å². The molecule has 0 aliphatic rings. The van der Waals surface area contributed by atoms with Gasteiger partial charge in [0.05, 0.1) is 20.6 Å². The van der Waals surface area contributed by atoms with Gasteiger partial charge in [-0.05, 0) is 48.9 Å². The molecule has 0 N–H and O–H groups in total. The smallest absolute Gasteiger partial charge is 0.154 e. The number of thiocarbonyl (C=S) groups is 4. The highest BCUT2D eigenvalue weighted by Gasteiger charge is 2.25. The molecule has 4 nitrogen and oxygen atoms in total. The molecule has 64 valence electrons. The summed E-state index contributed by atoms with van der Waals surface area (Å²) in [6, 6.07) is 0. The fourth-order valence-electron chi connectivity index (χ4n) is 0.395. The number of rotatable bonds is 4. The van der Waals surface area contributed by atoms with Crippen LogP contribution >= 0.6 is 48.9 Å². The third kappa shape index (κ3) is 4.10. The summed E-state index contributed by atoms with van der Waals surface area (Å²) in [6.45, 7) is 0. The van der Waals surface area contributed by atoms with Crippen LogP contribution in [0.2, 0.25) is 0 Å². The van der Waals surface area contributed by atoms with E-state index < -0.39 is 5.91 Å². The Labute approximate surface area is 95.2 Å². The SMILES string of the molecule is S=C=NC(N=C=S)(N=C=S)N=C=S. The van der Waals surface area contributed by atoms with Crippen LogP contribution in [0.1, 0.15) is 0 Å². The largest absolute Gasteiger partial charge is 0.382 e. The van der Waals surface area contributed by atoms with Gasteiger partial charge in [0.2, 0.25) is 0 Å². The summed E-state index contributed by atoms with van der Waals surface area (Å²) >= 11 is 17.4. The van der Waals surface area contributed by atoms with E-state index in [-0.39, 0.29) is 0 Å². The van der Waals surface area contributed by atoms with E-state index in [1.165, 1.54) is 0 Å². The van der Waals surface area contributed by atoms with Crippen molar-refractivity contribution >= 4 is 69.5 Å². The van der Waals surface area contributed by atoms with Crippen LogP contribution in [0, 0.1) is 0 Å². The van der Waals surface area contributed by atoms with Crippen molar-refractivity contribution in [3.8, 4) is 0 Å². The molecule has 0 radical (unpaired) electrons. The lowest BCUT2D eigenvalue weighted by Crippen LogP contribution is -2.16. The fraction of sp³-hybridized carbons (Fsp3) is 0.200. The molecular weight excluding hydrogens is 244 g/mol. The van der Waals surface area contributed by atoms with Crippen molar-refractivity contribution in [2.24, 2.45) is 20.0 Å².